The predicted octanol–water partition coefficient (Wildman–Crippen LogP) is 4.27. The molecule has 0 nitrogen and oxygen atoms in total. The SMILES string of the molecule is C.C.C.C[B]C.C[B]C.C[B]C. The number of hydrogen-bond donors (Lipinski definition) is 0. The Morgan fingerprint density at radius 1 is 0.417 bits per heavy atom. The Morgan fingerprint density at radius 2 is 0.417 bits per heavy atom. The van der Waals surface area contributed by atoms with Gasteiger partial charge in [0.1, 0.15) is 21.8 Å². The summed E-state index contributed by atoms with van der Waals surface area (Å²) in [4.78, 5) is 0. The zero-order valence-electron chi connectivity index (χ0n) is 7.73. The molecule has 0 N–H and O–H groups in total. The average Bonchev–Trinajstić information content (AvgIpc) is 1.70. The van der Waals surface area contributed by atoms with E-state index in [9.17, 15) is 0 Å². The Kier molecular flexibility index (Phi) is 378. The second-order valence-electron chi connectivity index (χ2n) is 1.73. The van der Waals surface area contributed by atoms with E-state index in [1.807, 2.05) is 62.8 Å². The van der Waals surface area contributed by atoms with E-state index in [1.165, 1.54) is 0 Å². The molecule has 0 aromatic heterocycles. The fourth-order valence-corrected chi connectivity index (χ4v) is 0. The highest BCUT2D eigenvalue weighted by Crippen LogP contribution is 1.37. The normalized spacial score (nSPS) is 3.50. The molecule has 75 valence electrons. The van der Waals surface area contributed by atoms with Crippen molar-refractivity contribution in [3.63, 3.8) is 0 Å². The molecule has 3 radical (unpaired) electrons. The lowest BCUT2D eigenvalue weighted by molar-refractivity contribution is 2.14. The molecule has 0 aliphatic carbocycles. The van der Waals surface area contributed by atoms with E-state index in [1.54, 1.807) is 0 Å². The highest BCUT2D eigenvalue weighted by molar-refractivity contribution is 6.31. The van der Waals surface area contributed by atoms with Gasteiger partial charge in [-0.2, -0.15) is 0 Å². The third-order valence-electron chi connectivity index (χ3n) is 0. The minimum atomic E-state index is 0. The van der Waals surface area contributed by atoms with Gasteiger partial charge in [-0.15, -0.1) is 0 Å². The highest BCUT2D eigenvalue weighted by atomic mass is 13.0. The molecule has 0 spiro atoms. The van der Waals surface area contributed by atoms with Gasteiger partial charge in [-0.3, -0.25) is 0 Å². The van der Waals surface area contributed by atoms with Gasteiger partial charge in [0, 0.05) is 0 Å². The van der Waals surface area contributed by atoms with Crippen LogP contribution in [0.4, 0.5) is 0 Å². The maximum Gasteiger partial charge on any atom is 0.102 e. The van der Waals surface area contributed by atoms with Gasteiger partial charge in [-0.1, -0.05) is 63.2 Å². The third kappa shape index (κ3) is 22700. The molecule has 0 atom stereocenters. The van der Waals surface area contributed by atoms with Crippen molar-refractivity contribution in [2.75, 3.05) is 0 Å². The molecular formula is C9H30B3. The van der Waals surface area contributed by atoms with E-state index < -0.39 is 0 Å². The second kappa shape index (κ2) is 114. The number of hydrogen-bond acceptors (Lipinski definition) is 0. The first-order valence-corrected chi connectivity index (χ1v) is 3.46. The summed E-state index contributed by atoms with van der Waals surface area (Å²) >= 11 is 0. The molecule has 0 heterocycles. The van der Waals surface area contributed by atoms with Crippen LogP contribution in [-0.2, 0) is 0 Å². The Morgan fingerprint density at radius 3 is 0.417 bits per heavy atom. The van der Waals surface area contributed by atoms with Gasteiger partial charge < -0.3 is 0 Å². The van der Waals surface area contributed by atoms with Crippen LogP contribution in [0.1, 0.15) is 22.3 Å². The van der Waals surface area contributed by atoms with Crippen LogP contribution in [0.3, 0.4) is 0 Å². The van der Waals surface area contributed by atoms with Crippen LogP contribution in [0.15, 0.2) is 0 Å². The van der Waals surface area contributed by atoms with Gasteiger partial charge in [0.2, 0.25) is 0 Å². The van der Waals surface area contributed by atoms with E-state index >= 15 is 0 Å². The molecule has 0 saturated heterocycles. The molecule has 0 aromatic carbocycles. The van der Waals surface area contributed by atoms with E-state index in [0.717, 1.165) is 0 Å². The standard InChI is InChI=1S/3C2H6B.3CH4/c3*1-3-2;;;/h3*1-2H3;3*1H4. The van der Waals surface area contributed by atoms with Crippen molar-refractivity contribution >= 4 is 21.8 Å². The van der Waals surface area contributed by atoms with E-state index in [2.05, 4.69) is 0 Å². The van der Waals surface area contributed by atoms with Crippen LogP contribution in [0.5, 0.6) is 0 Å². The van der Waals surface area contributed by atoms with Gasteiger partial charge in [-0.05, 0) is 0 Å². The summed E-state index contributed by atoms with van der Waals surface area (Å²) in [6.07, 6.45) is 0. The lowest BCUT2D eigenvalue weighted by atomic mass is 9.88. The lowest BCUT2D eigenvalue weighted by Crippen LogP contribution is -1.53. The Balaban J connectivity index is -0.00000001000. The summed E-state index contributed by atoms with van der Waals surface area (Å²) < 4.78 is 0. The smallest absolute Gasteiger partial charge is 0.0922 e. The summed E-state index contributed by atoms with van der Waals surface area (Å²) in [6, 6.07) is 0. The fourth-order valence-electron chi connectivity index (χ4n) is 0. The molecule has 3 heteroatoms. The van der Waals surface area contributed by atoms with Crippen molar-refractivity contribution in [3.05, 3.63) is 0 Å². The second-order valence-corrected chi connectivity index (χ2v) is 1.73. The molecule has 12 heavy (non-hydrogen) atoms. The van der Waals surface area contributed by atoms with Crippen LogP contribution in [0.25, 0.3) is 0 Å². The van der Waals surface area contributed by atoms with Crippen molar-refractivity contribution < 1.29 is 0 Å². The minimum Gasteiger partial charge on any atom is -0.0922 e. The molecule has 0 fully saturated rings. The highest BCUT2D eigenvalue weighted by Gasteiger charge is 1.43. The van der Waals surface area contributed by atoms with Crippen LogP contribution < -0.4 is 0 Å². The van der Waals surface area contributed by atoms with E-state index in [-0.39, 0.29) is 22.3 Å². The van der Waals surface area contributed by atoms with Crippen LogP contribution in [0, 0.1) is 0 Å². The Bertz CT molecular complexity index is 14.5. The monoisotopic (exact) mass is 171 g/mol. The van der Waals surface area contributed by atoms with Crippen molar-refractivity contribution in [3.8, 4) is 0 Å². The molecule has 0 bridgehead atoms. The molecular weight excluding hydrogens is 141 g/mol. The van der Waals surface area contributed by atoms with Crippen LogP contribution in [0.2, 0.25) is 40.9 Å². The first-order valence-electron chi connectivity index (χ1n) is 3.46. The molecule has 0 aromatic rings. The number of rotatable bonds is 0. The summed E-state index contributed by atoms with van der Waals surface area (Å²) in [5.74, 6) is 0. The average molecular weight is 171 g/mol. The molecule has 0 rings (SSSR count). The summed E-state index contributed by atoms with van der Waals surface area (Å²) in [5, 5.41) is 0. The Labute approximate surface area is 85.6 Å². The molecule has 0 saturated carbocycles. The maximum absolute atomic E-state index is 2.00. The molecule has 0 aliphatic heterocycles. The van der Waals surface area contributed by atoms with Crippen molar-refractivity contribution in [1.29, 1.82) is 0 Å². The van der Waals surface area contributed by atoms with E-state index in [0.29, 0.717) is 0 Å². The van der Waals surface area contributed by atoms with Gasteiger partial charge in [-0.25, -0.2) is 0 Å². The molecule has 0 amide bonds. The van der Waals surface area contributed by atoms with Crippen LogP contribution in [-0.4, -0.2) is 21.8 Å². The van der Waals surface area contributed by atoms with Gasteiger partial charge in [0.25, 0.3) is 0 Å². The zero-order chi connectivity index (χ0) is 8.12. The van der Waals surface area contributed by atoms with Crippen molar-refractivity contribution in [2.24, 2.45) is 0 Å². The van der Waals surface area contributed by atoms with Crippen molar-refractivity contribution in [2.45, 2.75) is 63.2 Å². The largest absolute Gasteiger partial charge is 0.102 e. The Hall–Kier alpha value is 0.195. The lowest BCUT2D eigenvalue weighted by Gasteiger charge is -1.41. The van der Waals surface area contributed by atoms with Crippen LogP contribution >= 0.6 is 0 Å². The quantitative estimate of drug-likeness (QED) is 0.477. The third-order valence-corrected chi connectivity index (χ3v) is 0. The first-order chi connectivity index (χ1) is 4.24. The van der Waals surface area contributed by atoms with Gasteiger partial charge in [0.05, 0.1) is 0 Å². The predicted molar refractivity (Wildman–Crippen MR) is 72.6 cm³/mol. The summed E-state index contributed by atoms with van der Waals surface area (Å²) in [6.45, 7) is 12.0. The maximum atomic E-state index is 2.00. The summed E-state index contributed by atoms with van der Waals surface area (Å²) in [7, 11) is 6.00. The van der Waals surface area contributed by atoms with Crippen molar-refractivity contribution in [1.82, 2.24) is 0 Å². The zero-order valence-corrected chi connectivity index (χ0v) is 7.73. The molecule has 0 unspecified atom stereocenters. The molecule has 0 aliphatic rings. The topological polar surface area (TPSA) is 0 Å². The first kappa shape index (κ1) is 39.8. The van der Waals surface area contributed by atoms with Gasteiger partial charge in [0.15, 0.2) is 0 Å². The summed E-state index contributed by atoms with van der Waals surface area (Å²) in [5.41, 5.74) is 0. The van der Waals surface area contributed by atoms with E-state index in [4.69, 9.17) is 0 Å². The van der Waals surface area contributed by atoms with Gasteiger partial charge >= 0.3 is 0 Å². The fraction of sp³-hybridized carbons (Fsp3) is 1.00. The minimum absolute atomic E-state index is 0.